The van der Waals surface area contributed by atoms with E-state index in [9.17, 15) is 9.59 Å². The maximum Gasteiger partial charge on any atom is 0.290 e. The van der Waals surface area contributed by atoms with Gasteiger partial charge in [0.25, 0.3) is 11.8 Å². The zero-order valence-electron chi connectivity index (χ0n) is 13.5. The number of hydrazine groups is 1. The lowest BCUT2D eigenvalue weighted by Gasteiger charge is -2.41. The summed E-state index contributed by atoms with van der Waals surface area (Å²) in [5.41, 5.74) is 0.869. The van der Waals surface area contributed by atoms with E-state index in [-0.39, 0.29) is 24.7 Å². The Bertz CT molecular complexity index is 969. The number of para-hydroxylation sites is 1. The van der Waals surface area contributed by atoms with Crippen LogP contribution in [0.5, 0.6) is 0 Å². The maximum absolute atomic E-state index is 14.0. The lowest BCUT2D eigenvalue weighted by Crippen LogP contribution is -2.47. The second-order valence-electron chi connectivity index (χ2n) is 6.77. The first-order valence-corrected chi connectivity index (χ1v) is 8.33. The third-order valence-electron chi connectivity index (χ3n) is 5.07. The maximum atomic E-state index is 14.0. The van der Waals surface area contributed by atoms with Crippen LogP contribution in [0.25, 0.3) is 0 Å². The summed E-state index contributed by atoms with van der Waals surface area (Å²) in [5, 5.41) is 18.2. The van der Waals surface area contributed by atoms with Crippen molar-refractivity contribution in [3.05, 3.63) is 47.7 Å². The number of fused-ring (bicyclic) bond motifs is 6. The first kappa shape index (κ1) is 14.1. The summed E-state index contributed by atoms with van der Waals surface area (Å²) in [6.07, 6.45) is 3.89. The van der Waals surface area contributed by atoms with Gasteiger partial charge < -0.3 is 14.5 Å². The summed E-state index contributed by atoms with van der Waals surface area (Å²) in [5.74, 6) is 1.08. The van der Waals surface area contributed by atoms with Crippen molar-refractivity contribution in [2.24, 2.45) is 4.99 Å². The lowest BCUT2D eigenvalue weighted by atomic mass is 10.1. The molecule has 132 valence electrons. The van der Waals surface area contributed by atoms with E-state index in [0.717, 1.165) is 11.3 Å². The number of hydrogen-bond acceptors (Lipinski definition) is 9. The topological polar surface area (TPSA) is 84.5 Å². The molecule has 0 saturated heterocycles. The smallest absolute Gasteiger partial charge is 0.290 e. The Labute approximate surface area is 147 Å². The average molecular weight is 355 g/mol. The molecule has 4 heterocycles. The Kier molecular flexibility index (Phi) is 2.45. The van der Waals surface area contributed by atoms with Crippen LogP contribution < -0.4 is 9.91 Å². The predicted octanol–water partition coefficient (Wildman–Crippen LogP) is 1.59. The molecule has 1 fully saturated rings. The van der Waals surface area contributed by atoms with E-state index < -0.39 is 5.60 Å². The number of nitrogens with zero attached hydrogens (tertiary/aromatic N) is 7. The SMILES string of the molecule is OC1(c2nc(N3C=NC4c5ccccc5N5CN(F)C=C5N43)no2)CC1. The molecule has 9 nitrogen and oxygen atoms in total. The Morgan fingerprint density at radius 3 is 2.96 bits per heavy atom. The van der Waals surface area contributed by atoms with Crippen LogP contribution in [0.3, 0.4) is 0 Å². The van der Waals surface area contributed by atoms with Crippen LogP contribution in [-0.2, 0) is 5.60 Å². The number of halogens is 1. The second kappa shape index (κ2) is 4.52. The van der Waals surface area contributed by atoms with Gasteiger partial charge in [0.2, 0.25) is 0 Å². The monoisotopic (exact) mass is 355 g/mol. The molecule has 0 amide bonds. The molecule has 0 radical (unpaired) electrons. The van der Waals surface area contributed by atoms with Gasteiger partial charge in [-0.15, -0.1) is 0 Å². The summed E-state index contributed by atoms with van der Waals surface area (Å²) < 4.78 is 19.2. The van der Waals surface area contributed by atoms with E-state index in [4.69, 9.17) is 4.52 Å². The molecule has 6 rings (SSSR count). The van der Waals surface area contributed by atoms with Crippen LogP contribution in [0.2, 0.25) is 0 Å². The number of hydrogen-bond donors (Lipinski definition) is 1. The van der Waals surface area contributed by atoms with Gasteiger partial charge in [-0.05, 0) is 24.1 Å². The molecule has 0 bridgehead atoms. The zero-order chi connectivity index (χ0) is 17.5. The summed E-state index contributed by atoms with van der Waals surface area (Å²) in [4.78, 5) is 10.7. The van der Waals surface area contributed by atoms with Crippen molar-refractivity contribution < 1.29 is 14.1 Å². The first-order valence-electron chi connectivity index (χ1n) is 8.33. The van der Waals surface area contributed by atoms with Crippen molar-refractivity contribution in [3.8, 4) is 0 Å². The lowest BCUT2D eigenvalue weighted by molar-refractivity contribution is 0.104. The number of anilines is 2. The molecule has 4 aliphatic rings. The zero-order valence-corrected chi connectivity index (χ0v) is 13.5. The average Bonchev–Trinajstić information content (AvgIpc) is 3.05. The molecule has 2 aromatic rings. The number of rotatable bonds is 2. The predicted molar refractivity (Wildman–Crippen MR) is 87.8 cm³/mol. The number of benzene rings is 1. The van der Waals surface area contributed by atoms with E-state index in [1.165, 1.54) is 6.20 Å². The van der Waals surface area contributed by atoms with E-state index >= 15 is 0 Å². The molecule has 1 aromatic heterocycles. The van der Waals surface area contributed by atoms with E-state index in [1.54, 1.807) is 11.3 Å². The third-order valence-corrected chi connectivity index (χ3v) is 5.07. The highest BCUT2D eigenvalue weighted by atomic mass is 19.2. The van der Waals surface area contributed by atoms with Crippen molar-refractivity contribution in [1.29, 1.82) is 0 Å². The molecule has 1 atom stereocenters. The number of aromatic nitrogens is 2. The first-order chi connectivity index (χ1) is 12.6. The van der Waals surface area contributed by atoms with Crippen LogP contribution in [0.1, 0.15) is 30.5 Å². The van der Waals surface area contributed by atoms with Gasteiger partial charge in [0.1, 0.15) is 18.6 Å². The van der Waals surface area contributed by atoms with Crippen molar-refractivity contribution in [2.75, 3.05) is 16.6 Å². The van der Waals surface area contributed by atoms with Crippen molar-refractivity contribution in [2.45, 2.75) is 24.6 Å². The van der Waals surface area contributed by atoms with Crippen molar-refractivity contribution >= 4 is 18.0 Å². The molecule has 0 spiro atoms. The van der Waals surface area contributed by atoms with Gasteiger partial charge in [0, 0.05) is 5.56 Å². The minimum atomic E-state index is -1.01. The Morgan fingerprint density at radius 1 is 1.27 bits per heavy atom. The van der Waals surface area contributed by atoms with E-state index in [2.05, 4.69) is 15.1 Å². The standard InChI is InChI=1S/C16H14FN7O2/c17-21-7-12-22(9-21)11-4-2-1-3-10(11)13-18-8-23(24(12)13)15-19-14(26-20-15)16(25)5-6-16/h1-4,7-8,13,25H,5-6,9H2. The molecule has 1 N–H and O–H groups in total. The highest BCUT2D eigenvalue weighted by Crippen LogP contribution is 2.48. The van der Waals surface area contributed by atoms with E-state index in [1.807, 2.05) is 34.2 Å². The largest absolute Gasteiger partial charge is 0.380 e. The summed E-state index contributed by atoms with van der Waals surface area (Å²) in [7, 11) is 0. The molecule has 26 heavy (non-hydrogen) atoms. The normalized spacial score (nSPS) is 24.5. The fourth-order valence-corrected chi connectivity index (χ4v) is 3.57. The van der Waals surface area contributed by atoms with Crippen LogP contribution >= 0.6 is 0 Å². The summed E-state index contributed by atoms with van der Waals surface area (Å²) in [6, 6.07) is 7.78. The Hall–Kier alpha value is -3.14. The number of aliphatic hydroxyl groups is 1. The molecule has 10 heteroatoms. The van der Waals surface area contributed by atoms with Gasteiger partial charge in [-0.2, -0.15) is 10.1 Å². The molecule has 1 aliphatic carbocycles. The molecule has 1 saturated carbocycles. The van der Waals surface area contributed by atoms with Crippen LogP contribution in [0.4, 0.5) is 16.1 Å². The molecule has 1 unspecified atom stereocenters. The van der Waals surface area contributed by atoms with Gasteiger partial charge in [-0.3, -0.25) is 0 Å². The van der Waals surface area contributed by atoms with Crippen LogP contribution in [0, 0.1) is 0 Å². The molecule has 3 aliphatic heterocycles. The fraction of sp³-hybridized carbons (Fsp3) is 0.312. The molecular weight excluding hydrogens is 341 g/mol. The highest BCUT2D eigenvalue weighted by molar-refractivity contribution is 5.80. The van der Waals surface area contributed by atoms with Crippen molar-refractivity contribution in [1.82, 2.24) is 20.3 Å². The van der Waals surface area contributed by atoms with Gasteiger partial charge in [0.15, 0.2) is 12.0 Å². The molecular formula is C16H14FN7O2. The highest BCUT2D eigenvalue weighted by Gasteiger charge is 2.49. The Balaban J connectivity index is 1.44. The molecule has 1 aromatic carbocycles. The minimum Gasteiger partial charge on any atom is -0.380 e. The van der Waals surface area contributed by atoms with Crippen LogP contribution in [-0.4, -0.2) is 38.4 Å². The number of aliphatic imine (C=N–C) groups is 1. The van der Waals surface area contributed by atoms with Gasteiger partial charge in [-0.1, -0.05) is 22.7 Å². The third kappa shape index (κ3) is 1.74. The van der Waals surface area contributed by atoms with E-state index in [0.29, 0.717) is 23.8 Å². The van der Waals surface area contributed by atoms with Gasteiger partial charge in [-0.25, -0.2) is 15.0 Å². The van der Waals surface area contributed by atoms with Crippen molar-refractivity contribution in [3.63, 3.8) is 0 Å². The second-order valence-corrected chi connectivity index (χ2v) is 6.77. The summed E-state index contributed by atoms with van der Waals surface area (Å²) in [6.45, 7) is 0.0979. The van der Waals surface area contributed by atoms with Gasteiger partial charge >= 0.3 is 0 Å². The minimum absolute atomic E-state index is 0.0979. The van der Waals surface area contributed by atoms with Crippen LogP contribution in [0.15, 0.2) is 45.8 Å². The summed E-state index contributed by atoms with van der Waals surface area (Å²) >= 11 is 0. The van der Waals surface area contributed by atoms with Gasteiger partial charge in [0.05, 0.1) is 11.9 Å². The quantitative estimate of drug-likeness (QED) is 0.813. The fourth-order valence-electron chi connectivity index (χ4n) is 3.57. The Morgan fingerprint density at radius 2 is 2.12 bits per heavy atom.